The lowest BCUT2D eigenvalue weighted by Crippen LogP contribution is -2.22. The van der Waals surface area contributed by atoms with E-state index in [4.69, 9.17) is 5.11 Å². The van der Waals surface area contributed by atoms with Crippen LogP contribution in [0.4, 0.5) is 0 Å². The third kappa shape index (κ3) is 2.45. The molecule has 3 aromatic rings. The van der Waals surface area contributed by atoms with Gasteiger partial charge in [-0.05, 0) is 19.4 Å². The van der Waals surface area contributed by atoms with Gasteiger partial charge in [0.15, 0.2) is 5.82 Å². The molecule has 0 spiro atoms. The number of fused-ring (bicyclic) bond motifs is 1. The number of aryl methyl sites for hydroxylation is 2. The summed E-state index contributed by atoms with van der Waals surface area (Å²) in [5, 5.41) is 11.8. The van der Waals surface area contributed by atoms with E-state index in [1.54, 1.807) is 6.92 Å². The van der Waals surface area contributed by atoms with Gasteiger partial charge in [0.25, 0.3) is 11.3 Å². The van der Waals surface area contributed by atoms with Crippen molar-refractivity contribution in [2.24, 2.45) is 0 Å². The van der Waals surface area contributed by atoms with Crippen LogP contribution >= 0.6 is 0 Å². The summed E-state index contributed by atoms with van der Waals surface area (Å²) in [5.41, 5.74) is 3.36. The highest BCUT2D eigenvalue weighted by molar-refractivity contribution is 5.35. The van der Waals surface area contributed by atoms with Crippen LogP contribution in [0.25, 0.3) is 5.78 Å². The molecule has 0 aliphatic heterocycles. The summed E-state index contributed by atoms with van der Waals surface area (Å²) in [6, 6.07) is 8.06. The van der Waals surface area contributed by atoms with Crippen LogP contribution in [0, 0.1) is 13.8 Å². The molecule has 0 amide bonds. The van der Waals surface area contributed by atoms with Crippen molar-refractivity contribution in [1.82, 2.24) is 19.6 Å². The smallest absolute Gasteiger partial charge is 0.277 e. The SMILES string of the molecule is Cc1ccc(Cc2c(C)nc3nc(CO)[nH]n3c2=O)cc1. The maximum absolute atomic E-state index is 12.5. The molecule has 2 aromatic heterocycles. The molecule has 21 heavy (non-hydrogen) atoms. The number of hydrogen-bond acceptors (Lipinski definition) is 4. The van der Waals surface area contributed by atoms with Gasteiger partial charge in [-0.25, -0.2) is 4.98 Å². The summed E-state index contributed by atoms with van der Waals surface area (Å²) in [7, 11) is 0. The molecule has 0 saturated carbocycles. The predicted octanol–water partition coefficient (Wildman–Crippen LogP) is 1.12. The van der Waals surface area contributed by atoms with E-state index in [9.17, 15) is 4.79 Å². The summed E-state index contributed by atoms with van der Waals surface area (Å²) < 4.78 is 1.28. The number of benzene rings is 1. The highest BCUT2D eigenvalue weighted by Crippen LogP contribution is 2.11. The van der Waals surface area contributed by atoms with Gasteiger partial charge in [0.2, 0.25) is 0 Å². The highest BCUT2D eigenvalue weighted by atomic mass is 16.3. The first-order valence-electron chi connectivity index (χ1n) is 6.72. The van der Waals surface area contributed by atoms with E-state index in [0.29, 0.717) is 23.5 Å². The van der Waals surface area contributed by atoms with Gasteiger partial charge in [0.05, 0.1) is 5.69 Å². The van der Waals surface area contributed by atoms with Gasteiger partial charge in [0.1, 0.15) is 6.61 Å². The minimum Gasteiger partial charge on any atom is -0.388 e. The Labute approximate surface area is 121 Å². The molecule has 2 N–H and O–H groups in total. The zero-order valence-corrected chi connectivity index (χ0v) is 11.9. The lowest BCUT2D eigenvalue weighted by atomic mass is 10.0. The summed E-state index contributed by atoms with van der Waals surface area (Å²) in [5.74, 6) is 0.612. The van der Waals surface area contributed by atoms with Crippen molar-refractivity contribution < 1.29 is 5.11 Å². The van der Waals surface area contributed by atoms with E-state index >= 15 is 0 Å². The predicted molar refractivity (Wildman–Crippen MR) is 78.3 cm³/mol. The van der Waals surface area contributed by atoms with Gasteiger partial charge in [-0.1, -0.05) is 29.8 Å². The van der Waals surface area contributed by atoms with Gasteiger partial charge in [-0.15, -0.1) is 0 Å². The number of hydrogen-bond donors (Lipinski definition) is 2. The molecule has 0 aliphatic rings. The lowest BCUT2D eigenvalue weighted by Gasteiger charge is -2.05. The average molecular weight is 284 g/mol. The third-order valence-corrected chi connectivity index (χ3v) is 3.49. The first-order chi connectivity index (χ1) is 10.1. The van der Waals surface area contributed by atoms with E-state index < -0.39 is 0 Å². The van der Waals surface area contributed by atoms with E-state index in [0.717, 1.165) is 5.56 Å². The topological polar surface area (TPSA) is 83.3 Å². The fraction of sp³-hybridized carbons (Fsp3) is 0.267. The molecule has 0 saturated heterocycles. The minimum atomic E-state index is -0.255. The van der Waals surface area contributed by atoms with Crippen LogP contribution in [0.3, 0.4) is 0 Å². The summed E-state index contributed by atoms with van der Waals surface area (Å²) >= 11 is 0. The lowest BCUT2D eigenvalue weighted by molar-refractivity contribution is 0.271. The summed E-state index contributed by atoms with van der Waals surface area (Å²) in [6.45, 7) is 3.58. The zero-order valence-electron chi connectivity index (χ0n) is 11.9. The molecule has 6 nitrogen and oxygen atoms in total. The molecular weight excluding hydrogens is 268 g/mol. The number of aliphatic hydroxyl groups excluding tert-OH is 1. The maximum Gasteiger partial charge on any atom is 0.277 e. The number of aliphatic hydroxyl groups is 1. The minimum absolute atomic E-state index is 0.176. The fourth-order valence-electron chi connectivity index (χ4n) is 2.28. The summed E-state index contributed by atoms with van der Waals surface area (Å²) in [6.07, 6.45) is 0.522. The van der Waals surface area contributed by atoms with Crippen molar-refractivity contribution in [1.29, 1.82) is 0 Å². The molecule has 0 radical (unpaired) electrons. The van der Waals surface area contributed by atoms with E-state index in [-0.39, 0.29) is 17.9 Å². The van der Waals surface area contributed by atoms with Gasteiger partial charge in [0, 0.05) is 12.0 Å². The first kappa shape index (κ1) is 13.5. The largest absolute Gasteiger partial charge is 0.388 e. The molecule has 1 aromatic carbocycles. The number of rotatable bonds is 3. The van der Waals surface area contributed by atoms with Crippen LogP contribution in [0.2, 0.25) is 0 Å². The number of H-pyrrole nitrogens is 1. The van der Waals surface area contributed by atoms with Crippen LogP contribution < -0.4 is 5.56 Å². The Morgan fingerprint density at radius 1 is 1.19 bits per heavy atom. The Bertz CT molecular complexity index is 846. The number of nitrogens with zero attached hydrogens (tertiary/aromatic N) is 3. The second-order valence-electron chi connectivity index (χ2n) is 5.11. The zero-order chi connectivity index (χ0) is 15.0. The van der Waals surface area contributed by atoms with Gasteiger partial charge in [-0.2, -0.15) is 9.50 Å². The number of aromatic nitrogens is 4. The normalized spacial score (nSPS) is 11.2. The van der Waals surface area contributed by atoms with Crippen molar-refractivity contribution in [3.05, 3.63) is 62.8 Å². The quantitative estimate of drug-likeness (QED) is 0.755. The van der Waals surface area contributed by atoms with Crippen LogP contribution in [-0.4, -0.2) is 24.7 Å². The molecule has 3 rings (SSSR count). The Morgan fingerprint density at radius 2 is 1.90 bits per heavy atom. The maximum atomic E-state index is 12.5. The molecule has 2 heterocycles. The van der Waals surface area contributed by atoms with Crippen molar-refractivity contribution >= 4 is 5.78 Å². The van der Waals surface area contributed by atoms with E-state index in [1.807, 2.05) is 31.2 Å². The van der Waals surface area contributed by atoms with Crippen molar-refractivity contribution in [2.45, 2.75) is 26.9 Å². The highest BCUT2D eigenvalue weighted by Gasteiger charge is 2.13. The second-order valence-corrected chi connectivity index (χ2v) is 5.11. The van der Waals surface area contributed by atoms with Crippen molar-refractivity contribution in [3.8, 4) is 0 Å². The van der Waals surface area contributed by atoms with Crippen LogP contribution in [0.15, 0.2) is 29.1 Å². The average Bonchev–Trinajstić information content (AvgIpc) is 2.88. The van der Waals surface area contributed by atoms with E-state index in [1.165, 1.54) is 10.1 Å². The third-order valence-electron chi connectivity index (χ3n) is 3.49. The molecule has 0 unspecified atom stereocenters. The van der Waals surface area contributed by atoms with Crippen molar-refractivity contribution in [3.63, 3.8) is 0 Å². The van der Waals surface area contributed by atoms with Crippen molar-refractivity contribution in [2.75, 3.05) is 0 Å². The molecule has 0 atom stereocenters. The standard InChI is InChI=1S/C15H16N4O2/c1-9-3-5-11(6-4-9)7-12-10(2)16-15-17-13(8-20)18-19(15)14(12)21/h3-6,20H,7-8H2,1-2H3,(H,16,17,18). The Kier molecular flexibility index (Phi) is 3.31. The molecule has 108 valence electrons. The van der Waals surface area contributed by atoms with Gasteiger partial charge in [-0.3, -0.25) is 9.89 Å². The molecule has 0 bridgehead atoms. The van der Waals surface area contributed by atoms with Crippen LogP contribution in [0.5, 0.6) is 0 Å². The molecule has 0 aliphatic carbocycles. The molecule has 0 fully saturated rings. The summed E-state index contributed by atoms with van der Waals surface area (Å²) in [4.78, 5) is 20.9. The fourth-order valence-corrected chi connectivity index (χ4v) is 2.28. The molecule has 6 heteroatoms. The Balaban J connectivity index is 2.09. The van der Waals surface area contributed by atoms with E-state index in [2.05, 4.69) is 15.1 Å². The van der Waals surface area contributed by atoms with Gasteiger partial charge < -0.3 is 5.11 Å². The Morgan fingerprint density at radius 3 is 2.57 bits per heavy atom. The monoisotopic (exact) mass is 284 g/mol. The Hall–Kier alpha value is -2.47. The molecular formula is C15H16N4O2. The second kappa shape index (κ2) is 5.14. The van der Waals surface area contributed by atoms with Gasteiger partial charge >= 0.3 is 0 Å². The van der Waals surface area contributed by atoms with Crippen LogP contribution in [0.1, 0.15) is 28.2 Å². The number of nitrogens with one attached hydrogen (secondary N) is 1. The number of aromatic amines is 1. The first-order valence-corrected chi connectivity index (χ1v) is 6.72. The van der Waals surface area contributed by atoms with Crippen LogP contribution in [-0.2, 0) is 13.0 Å².